The topological polar surface area (TPSA) is 113 Å². The molecule has 0 aliphatic rings. The molecular weight excluding hydrogens is 478 g/mol. The van der Waals surface area contributed by atoms with E-state index in [0.29, 0.717) is 4.90 Å². The molecule has 164 valence electrons. The molecule has 2 rings (SSSR count). The lowest BCUT2D eigenvalue weighted by Gasteiger charge is -2.28. The minimum atomic E-state index is -5.36. The standard InChI is InChI=1S/C16H7Cl2F5N4O4/c1-2-25(15-10(17)12(19)7(5-24)13(20)11(15)18)14-8(16(21,22)23)3-6(26(28)29)4-9(14)27(30)31/h3-4H,2H2,1H3. The minimum Gasteiger partial charge on any atom is -0.333 e. The summed E-state index contributed by atoms with van der Waals surface area (Å²) < 4.78 is 69.8. The Kier molecular flexibility index (Phi) is 6.57. The van der Waals surface area contributed by atoms with Gasteiger partial charge in [0.25, 0.3) is 11.4 Å². The lowest BCUT2D eigenvalue weighted by Crippen LogP contribution is -2.24. The highest BCUT2D eigenvalue weighted by atomic mass is 35.5. The number of nitro benzene ring substituents is 2. The summed E-state index contributed by atoms with van der Waals surface area (Å²) in [6, 6.07) is 1.44. The van der Waals surface area contributed by atoms with E-state index in [-0.39, 0.29) is 12.1 Å². The minimum absolute atomic E-state index is 0.0309. The Hall–Kier alpha value is -3.24. The third-order valence-corrected chi connectivity index (χ3v) is 4.69. The van der Waals surface area contributed by atoms with E-state index in [2.05, 4.69) is 0 Å². The average molecular weight is 485 g/mol. The SMILES string of the molecule is CCN(c1c([N+](=O)[O-])cc([N+](=O)[O-])cc1C(F)(F)F)c1c(Cl)c(F)c(C#N)c(F)c1Cl. The van der Waals surface area contributed by atoms with Crippen molar-refractivity contribution < 1.29 is 31.8 Å². The van der Waals surface area contributed by atoms with Gasteiger partial charge in [-0.3, -0.25) is 20.2 Å². The number of benzene rings is 2. The summed E-state index contributed by atoms with van der Waals surface area (Å²) in [5.41, 5.74) is -7.90. The number of anilines is 2. The first-order valence-electron chi connectivity index (χ1n) is 7.85. The number of nitro groups is 2. The first-order chi connectivity index (χ1) is 14.3. The van der Waals surface area contributed by atoms with Gasteiger partial charge in [-0.2, -0.15) is 18.4 Å². The van der Waals surface area contributed by atoms with Crippen molar-refractivity contribution in [3.8, 4) is 6.07 Å². The van der Waals surface area contributed by atoms with E-state index in [9.17, 15) is 42.2 Å². The van der Waals surface area contributed by atoms with Crippen molar-refractivity contribution in [2.24, 2.45) is 0 Å². The smallest absolute Gasteiger partial charge is 0.333 e. The third-order valence-electron chi connectivity index (χ3n) is 4.00. The van der Waals surface area contributed by atoms with E-state index < -0.39 is 78.1 Å². The van der Waals surface area contributed by atoms with Crippen molar-refractivity contribution >= 4 is 46.0 Å². The zero-order valence-electron chi connectivity index (χ0n) is 14.9. The first-order valence-corrected chi connectivity index (χ1v) is 8.61. The first kappa shape index (κ1) is 24.0. The van der Waals surface area contributed by atoms with Gasteiger partial charge in [0.05, 0.1) is 27.2 Å². The highest BCUT2D eigenvalue weighted by Gasteiger charge is 2.42. The van der Waals surface area contributed by atoms with Crippen LogP contribution in [0.25, 0.3) is 0 Å². The zero-order chi connectivity index (χ0) is 23.8. The van der Waals surface area contributed by atoms with Gasteiger partial charge in [-0.05, 0) is 6.92 Å². The number of nitrogens with zero attached hydrogens (tertiary/aromatic N) is 4. The number of nitriles is 1. The molecular formula is C16H7Cl2F5N4O4. The van der Waals surface area contributed by atoms with E-state index in [0.717, 1.165) is 13.0 Å². The van der Waals surface area contributed by atoms with Crippen molar-refractivity contribution in [2.75, 3.05) is 11.4 Å². The van der Waals surface area contributed by atoms with Gasteiger partial charge in [0.15, 0.2) is 11.6 Å². The van der Waals surface area contributed by atoms with Gasteiger partial charge in [0.1, 0.15) is 27.4 Å². The maximum atomic E-state index is 14.4. The molecule has 15 heteroatoms. The lowest BCUT2D eigenvalue weighted by molar-refractivity contribution is -0.394. The third kappa shape index (κ3) is 4.17. The Bertz CT molecular complexity index is 1120. The van der Waals surface area contributed by atoms with Crippen LogP contribution in [0.4, 0.5) is 44.7 Å². The fourth-order valence-electron chi connectivity index (χ4n) is 2.73. The molecule has 0 saturated carbocycles. The maximum absolute atomic E-state index is 14.4. The molecule has 0 unspecified atom stereocenters. The van der Waals surface area contributed by atoms with Crippen molar-refractivity contribution in [1.82, 2.24) is 0 Å². The quantitative estimate of drug-likeness (QED) is 0.218. The molecule has 0 aromatic heterocycles. The summed E-state index contributed by atoms with van der Waals surface area (Å²) in [6.45, 7) is 0.567. The van der Waals surface area contributed by atoms with Gasteiger partial charge in [0, 0.05) is 12.6 Å². The number of hydrogen-bond donors (Lipinski definition) is 0. The fraction of sp³-hybridized carbons (Fsp3) is 0.188. The number of halogens is 7. The average Bonchev–Trinajstić information content (AvgIpc) is 2.68. The molecule has 0 bridgehead atoms. The molecule has 31 heavy (non-hydrogen) atoms. The van der Waals surface area contributed by atoms with Crippen LogP contribution in [0.2, 0.25) is 10.0 Å². The molecule has 8 nitrogen and oxygen atoms in total. The van der Waals surface area contributed by atoms with Gasteiger partial charge < -0.3 is 4.90 Å². The second kappa shape index (κ2) is 8.48. The van der Waals surface area contributed by atoms with E-state index in [4.69, 9.17) is 28.5 Å². The van der Waals surface area contributed by atoms with E-state index in [1.54, 1.807) is 0 Å². The largest absolute Gasteiger partial charge is 0.418 e. The number of alkyl halides is 3. The summed E-state index contributed by atoms with van der Waals surface area (Å²) in [6.07, 6.45) is -5.36. The van der Waals surface area contributed by atoms with Crippen LogP contribution in [0, 0.1) is 43.2 Å². The number of hydrogen-bond acceptors (Lipinski definition) is 6. The molecule has 0 radical (unpaired) electrons. The highest BCUT2D eigenvalue weighted by molar-refractivity contribution is 6.39. The van der Waals surface area contributed by atoms with E-state index in [1.807, 2.05) is 0 Å². The van der Waals surface area contributed by atoms with E-state index >= 15 is 0 Å². The molecule has 0 aliphatic heterocycles. The highest BCUT2D eigenvalue weighted by Crippen LogP contribution is 2.50. The van der Waals surface area contributed by atoms with Crippen LogP contribution in [0.5, 0.6) is 0 Å². The predicted octanol–water partition coefficient (Wildman–Crippen LogP) is 6.14. The Morgan fingerprint density at radius 2 is 1.58 bits per heavy atom. The lowest BCUT2D eigenvalue weighted by atomic mass is 10.1. The van der Waals surface area contributed by atoms with Gasteiger partial charge in [-0.15, -0.1) is 0 Å². The number of non-ortho nitro benzene ring substituents is 1. The van der Waals surface area contributed by atoms with Crippen LogP contribution in [-0.2, 0) is 6.18 Å². The summed E-state index contributed by atoms with van der Waals surface area (Å²) in [7, 11) is 0. The molecule has 0 atom stereocenters. The monoisotopic (exact) mass is 484 g/mol. The van der Waals surface area contributed by atoms with Crippen molar-refractivity contribution in [3.63, 3.8) is 0 Å². The fourth-order valence-corrected chi connectivity index (χ4v) is 3.36. The Balaban J connectivity index is 3.06. The molecule has 0 saturated heterocycles. The van der Waals surface area contributed by atoms with Crippen LogP contribution in [0.15, 0.2) is 12.1 Å². The predicted molar refractivity (Wildman–Crippen MR) is 98.5 cm³/mol. The molecule has 0 amide bonds. The molecule has 0 N–H and O–H groups in total. The van der Waals surface area contributed by atoms with Crippen LogP contribution in [-0.4, -0.2) is 16.4 Å². The van der Waals surface area contributed by atoms with Gasteiger partial charge in [-0.25, -0.2) is 8.78 Å². The van der Waals surface area contributed by atoms with Crippen LogP contribution < -0.4 is 4.90 Å². The molecule has 2 aromatic carbocycles. The second-order valence-corrected chi connectivity index (χ2v) is 6.46. The van der Waals surface area contributed by atoms with Crippen molar-refractivity contribution in [2.45, 2.75) is 13.1 Å². The number of rotatable bonds is 5. The Labute approximate surface area is 179 Å². The van der Waals surface area contributed by atoms with Crippen LogP contribution in [0.3, 0.4) is 0 Å². The summed E-state index contributed by atoms with van der Waals surface area (Å²) in [5, 5.41) is 29.1. The summed E-state index contributed by atoms with van der Waals surface area (Å²) >= 11 is 11.6. The maximum Gasteiger partial charge on any atom is 0.418 e. The van der Waals surface area contributed by atoms with E-state index in [1.165, 1.54) is 0 Å². The summed E-state index contributed by atoms with van der Waals surface area (Å²) in [4.78, 5) is 20.2. The molecule has 0 aliphatic carbocycles. The summed E-state index contributed by atoms with van der Waals surface area (Å²) in [5.74, 6) is -3.31. The molecule has 0 spiro atoms. The zero-order valence-corrected chi connectivity index (χ0v) is 16.4. The second-order valence-electron chi connectivity index (χ2n) is 5.71. The molecule has 2 aromatic rings. The van der Waals surface area contributed by atoms with Gasteiger partial charge >= 0.3 is 6.18 Å². The Morgan fingerprint density at radius 3 is 1.94 bits per heavy atom. The van der Waals surface area contributed by atoms with Crippen molar-refractivity contribution in [1.29, 1.82) is 5.26 Å². The van der Waals surface area contributed by atoms with Gasteiger partial charge in [0.2, 0.25) is 0 Å². The normalized spacial score (nSPS) is 11.2. The molecule has 0 fully saturated rings. The molecule has 0 heterocycles. The van der Waals surface area contributed by atoms with Crippen LogP contribution >= 0.6 is 23.2 Å². The van der Waals surface area contributed by atoms with Crippen LogP contribution in [0.1, 0.15) is 18.1 Å². The Morgan fingerprint density at radius 1 is 1.06 bits per heavy atom. The van der Waals surface area contributed by atoms with Crippen molar-refractivity contribution in [3.05, 3.63) is 65.2 Å². The van der Waals surface area contributed by atoms with Gasteiger partial charge in [-0.1, -0.05) is 23.2 Å².